The van der Waals surface area contributed by atoms with Crippen molar-refractivity contribution >= 4 is 51.7 Å². The first-order chi connectivity index (χ1) is 12.3. The highest BCUT2D eigenvalue weighted by Gasteiger charge is 2.48. The second-order valence-corrected chi connectivity index (χ2v) is 7.62. The Morgan fingerprint density at radius 1 is 1.54 bits per heavy atom. The minimum absolute atomic E-state index is 0.0714. The van der Waals surface area contributed by atoms with E-state index in [1.165, 1.54) is 23.8 Å². The first-order valence-electron chi connectivity index (χ1n) is 7.38. The zero-order valence-corrected chi connectivity index (χ0v) is 15.4. The van der Waals surface area contributed by atoms with Crippen molar-refractivity contribution in [1.82, 2.24) is 15.2 Å². The van der Waals surface area contributed by atoms with E-state index in [4.69, 9.17) is 10.6 Å². The molecule has 1 aromatic heterocycles. The Kier molecular flexibility index (Phi) is 4.87. The van der Waals surface area contributed by atoms with Crippen LogP contribution in [0, 0.1) is 0 Å². The third-order valence-corrected chi connectivity index (χ3v) is 5.94. The number of oxime groups is 1. The number of carboxylic acids is 1. The molecular weight excluding hydrogens is 382 g/mol. The zero-order chi connectivity index (χ0) is 19.0. The SMILES string of the molecule is CON=C(C(=O)NC1S[C@@H]2CC(=O)N2C(C(=O)O)=C1C)c1csc(N)n1. The quantitative estimate of drug-likeness (QED) is 0.362. The van der Waals surface area contributed by atoms with Crippen molar-refractivity contribution < 1.29 is 24.3 Å². The number of nitrogens with two attached hydrogens (primary N) is 1. The number of nitrogens with zero attached hydrogens (tertiary/aromatic N) is 3. The maximum atomic E-state index is 12.6. The fourth-order valence-electron chi connectivity index (χ4n) is 2.63. The minimum Gasteiger partial charge on any atom is -0.477 e. The van der Waals surface area contributed by atoms with E-state index in [0.717, 1.165) is 11.3 Å². The molecule has 2 amide bonds. The number of nitrogens with one attached hydrogen (secondary N) is 1. The maximum absolute atomic E-state index is 12.6. The summed E-state index contributed by atoms with van der Waals surface area (Å²) < 4.78 is 0. The van der Waals surface area contributed by atoms with Crippen LogP contribution in [0.3, 0.4) is 0 Å². The standard InChI is InChI=1S/C14H15N5O5S2/c1-5-10(13(22)23)19-7(20)3-8(19)26-12(5)17-11(21)9(18-24-2)6-4-25-14(15)16-6/h4,8,12H,3H2,1-2H3,(H2,15,16)(H,17,21)(H,22,23)/t8-,12?/m1/s1. The van der Waals surface area contributed by atoms with Crippen LogP contribution >= 0.6 is 23.1 Å². The second-order valence-electron chi connectivity index (χ2n) is 5.44. The molecule has 1 aromatic rings. The summed E-state index contributed by atoms with van der Waals surface area (Å²) in [4.78, 5) is 45.9. The van der Waals surface area contributed by atoms with Gasteiger partial charge >= 0.3 is 5.97 Å². The van der Waals surface area contributed by atoms with Gasteiger partial charge in [0.05, 0.1) is 11.8 Å². The summed E-state index contributed by atoms with van der Waals surface area (Å²) in [6.45, 7) is 1.57. The van der Waals surface area contributed by atoms with Crippen molar-refractivity contribution in [2.45, 2.75) is 24.1 Å². The van der Waals surface area contributed by atoms with Crippen LogP contribution in [0.15, 0.2) is 21.8 Å². The van der Waals surface area contributed by atoms with Gasteiger partial charge in [0.1, 0.15) is 23.9 Å². The zero-order valence-electron chi connectivity index (χ0n) is 13.8. The molecule has 1 fully saturated rings. The molecule has 0 spiro atoms. The number of aliphatic carboxylic acids is 1. The van der Waals surface area contributed by atoms with E-state index in [9.17, 15) is 19.5 Å². The molecule has 1 unspecified atom stereocenters. The summed E-state index contributed by atoms with van der Waals surface area (Å²) in [6, 6.07) is 0. The third kappa shape index (κ3) is 3.12. The highest BCUT2D eigenvalue weighted by Crippen LogP contribution is 2.42. The number of aromatic nitrogens is 1. The second kappa shape index (κ2) is 6.96. The number of hydrogen-bond acceptors (Lipinski definition) is 9. The number of hydrogen-bond donors (Lipinski definition) is 3. The lowest BCUT2D eigenvalue weighted by atomic mass is 10.1. The number of carboxylic acid groups (broad SMARTS) is 1. The van der Waals surface area contributed by atoms with Gasteiger partial charge in [-0.3, -0.25) is 14.5 Å². The molecule has 0 radical (unpaired) electrons. The Bertz CT molecular complexity index is 849. The van der Waals surface area contributed by atoms with Crippen molar-refractivity contribution in [3.05, 3.63) is 22.3 Å². The molecule has 4 N–H and O–H groups in total. The van der Waals surface area contributed by atoms with Gasteiger partial charge in [-0.15, -0.1) is 23.1 Å². The summed E-state index contributed by atoms with van der Waals surface area (Å²) >= 11 is 2.44. The van der Waals surface area contributed by atoms with E-state index in [1.807, 2.05) is 0 Å². The fraction of sp³-hybridized carbons (Fsp3) is 0.357. The van der Waals surface area contributed by atoms with Crippen LogP contribution in [0.5, 0.6) is 0 Å². The topological polar surface area (TPSA) is 147 Å². The van der Waals surface area contributed by atoms with Crippen molar-refractivity contribution in [2.24, 2.45) is 5.16 Å². The number of fused-ring (bicyclic) bond motifs is 1. The van der Waals surface area contributed by atoms with E-state index in [2.05, 4.69) is 15.5 Å². The first kappa shape index (κ1) is 18.2. The van der Waals surface area contributed by atoms with Crippen LogP contribution < -0.4 is 11.1 Å². The highest BCUT2D eigenvalue weighted by atomic mass is 32.2. The summed E-state index contributed by atoms with van der Waals surface area (Å²) in [5, 5.41) is 16.8. The molecule has 1 saturated heterocycles. The number of amides is 2. The Labute approximate surface area is 156 Å². The molecule has 2 aliphatic rings. The Morgan fingerprint density at radius 3 is 2.81 bits per heavy atom. The lowest BCUT2D eigenvalue weighted by Gasteiger charge is -2.46. The van der Waals surface area contributed by atoms with Crippen molar-refractivity contribution in [2.75, 3.05) is 12.8 Å². The van der Waals surface area contributed by atoms with E-state index in [-0.39, 0.29) is 39.9 Å². The summed E-state index contributed by atoms with van der Waals surface area (Å²) in [6.07, 6.45) is 0.225. The van der Waals surface area contributed by atoms with Crippen LogP contribution in [-0.4, -0.2) is 56.3 Å². The van der Waals surface area contributed by atoms with Gasteiger partial charge in [-0.2, -0.15) is 0 Å². The molecule has 2 aliphatic heterocycles. The van der Waals surface area contributed by atoms with Gasteiger partial charge in [0.2, 0.25) is 5.91 Å². The first-order valence-corrected chi connectivity index (χ1v) is 9.20. The van der Waals surface area contributed by atoms with Gasteiger partial charge < -0.3 is 21.0 Å². The van der Waals surface area contributed by atoms with Gasteiger partial charge in [-0.25, -0.2) is 9.78 Å². The van der Waals surface area contributed by atoms with Gasteiger partial charge in [-0.05, 0) is 12.5 Å². The van der Waals surface area contributed by atoms with Crippen LogP contribution in [0.25, 0.3) is 0 Å². The number of thioether (sulfide) groups is 1. The molecule has 0 saturated carbocycles. The molecular formula is C14H15N5O5S2. The van der Waals surface area contributed by atoms with Gasteiger partial charge in [0.15, 0.2) is 10.8 Å². The van der Waals surface area contributed by atoms with Crippen molar-refractivity contribution in [3.63, 3.8) is 0 Å². The Hall–Kier alpha value is -2.60. The number of carbonyl (C=O) groups excluding carboxylic acids is 2. The number of carbonyl (C=O) groups is 3. The lowest BCUT2D eigenvalue weighted by Crippen LogP contribution is -2.57. The predicted octanol–water partition coefficient (Wildman–Crippen LogP) is 0.182. The summed E-state index contributed by atoms with van der Waals surface area (Å²) in [7, 11) is 1.30. The van der Waals surface area contributed by atoms with Crippen LogP contribution in [0.2, 0.25) is 0 Å². The van der Waals surface area contributed by atoms with Gasteiger partial charge in [0, 0.05) is 5.38 Å². The molecule has 26 heavy (non-hydrogen) atoms. The number of nitrogen functional groups attached to an aromatic ring is 1. The minimum atomic E-state index is -1.21. The summed E-state index contributed by atoms with van der Waals surface area (Å²) in [5.74, 6) is -2.04. The van der Waals surface area contributed by atoms with Crippen LogP contribution in [0.4, 0.5) is 5.13 Å². The van der Waals surface area contributed by atoms with Crippen molar-refractivity contribution in [1.29, 1.82) is 0 Å². The Morgan fingerprint density at radius 2 is 2.27 bits per heavy atom. The normalized spacial score (nSPS) is 22.6. The third-order valence-electron chi connectivity index (χ3n) is 3.83. The number of rotatable bonds is 5. The molecule has 138 valence electrons. The summed E-state index contributed by atoms with van der Waals surface area (Å²) in [5.41, 5.74) is 6.05. The average Bonchev–Trinajstić information content (AvgIpc) is 3.00. The smallest absolute Gasteiger partial charge is 0.352 e. The number of β-lactam (4-membered cyclic amide) rings is 1. The molecule has 3 rings (SSSR count). The molecule has 0 bridgehead atoms. The lowest BCUT2D eigenvalue weighted by molar-refractivity contribution is -0.146. The Balaban J connectivity index is 1.86. The largest absolute Gasteiger partial charge is 0.477 e. The molecule has 12 heteroatoms. The fourth-order valence-corrected chi connectivity index (χ4v) is 4.57. The molecule has 10 nitrogen and oxygen atoms in total. The van der Waals surface area contributed by atoms with Crippen molar-refractivity contribution in [3.8, 4) is 0 Å². The predicted molar refractivity (Wildman–Crippen MR) is 95.2 cm³/mol. The van der Waals surface area contributed by atoms with E-state index < -0.39 is 17.3 Å². The molecule has 3 heterocycles. The average molecular weight is 397 g/mol. The molecule has 0 aromatic carbocycles. The van der Waals surface area contributed by atoms with Crippen LogP contribution in [-0.2, 0) is 19.2 Å². The highest BCUT2D eigenvalue weighted by molar-refractivity contribution is 8.00. The number of thiazole rings is 1. The van der Waals surface area contributed by atoms with E-state index in [0.29, 0.717) is 5.57 Å². The maximum Gasteiger partial charge on any atom is 0.352 e. The number of anilines is 1. The van der Waals surface area contributed by atoms with Gasteiger partial charge in [0.25, 0.3) is 5.91 Å². The monoisotopic (exact) mass is 397 g/mol. The van der Waals surface area contributed by atoms with Crippen LogP contribution in [0.1, 0.15) is 19.0 Å². The van der Waals surface area contributed by atoms with E-state index >= 15 is 0 Å². The van der Waals surface area contributed by atoms with Gasteiger partial charge in [-0.1, -0.05) is 5.16 Å². The molecule has 2 atom stereocenters. The van der Waals surface area contributed by atoms with E-state index in [1.54, 1.807) is 12.3 Å². The molecule has 0 aliphatic carbocycles.